The van der Waals surface area contributed by atoms with Crippen LogP contribution in [0.25, 0.3) is 0 Å². The molecule has 20 heavy (non-hydrogen) atoms. The van der Waals surface area contributed by atoms with E-state index in [2.05, 4.69) is 49.9 Å². The predicted molar refractivity (Wildman–Crippen MR) is 89.4 cm³/mol. The van der Waals surface area contributed by atoms with Crippen LogP contribution in [0.3, 0.4) is 0 Å². The van der Waals surface area contributed by atoms with Crippen LogP contribution < -0.4 is 5.32 Å². The van der Waals surface area contributed by atoms with Gasteiger partial charge in [-0.15, -0.1) is 0 Å². The molecule has 0 aliphatic heterocycles. The summed E-state index contributed by atoms with van der Waals surface area (Å²) in [6.07, 6.45) is 2.23. The number of nitrogens with one attached hydrogen (secondary N) is 1. The predicted octanol–water partition coefficient (Wildman–Crippen LogP) is 3.52. The molecule has 0 aliphatic rings. The first-order valence-corrected chi connectivity index (χ1v) is 8.81. The molecule has 1 N–H and O–H groups in total. The summed E-state index contributed by atoms with van der Waals surface area (Å²) < 4.78 is 0. The van der Waals surface area contributed by atoms with Crippen LogP contribution in [-0.4, -0.2) is 28.8 Å². The largest absolute Gasteiger partial charge is 0.316 e. The molecule has 0 saturated heterocycles. The number of nitrogens with zero attached hydrogens (tertiary/aromatic N) is 2. The number of thioether (sulfide) groups is 1. The Morgan fingerprint density at radius 2 is 1.80 bits per heavy atom. The minimum atomic E-state index is 0.700. The maximum Gasteiger partial charge on any atom is 0.138 e. The third-order valence-electron chi connectivity index (χ3n) is 3.15. The molecular weight excluding hydrogens is 266 g/mol. The SMILES string of the molecule is CCCSCc1nc(C)c(CCNCC(C)C)c(C)n1. The Kier molecular flexibility index (Phi) is 8.15. The smallest absolute Gasteiger partial charge is 0.138 e. The van der Waals surface area contributed by atoms with E-state index in [1.807, 2.05) is 11.8 Å². The van der Waals surface area contributed by atoms with Crippen molar-refractivity contribution in [2.75, 3.05) is 18.8 Å². The lowest BCUT2D eigenvalue weighted by Crippen LogP contribution is -2.23. The summed E-state index contributed by atoms with van der Waals surface area (Å²) in [5, 5.41) is 3.48. The Hall–Kier alpha value is -0.610. The first kappa shape index (κ1) is 17.4. The van der Waals surface area contributed by atoms with Crippen LogP contribution in [0.15, 0.2) is 0 Å². The molecule has 114 valence electrons. The monoisotopic (exact) mass is 295 g/mol. The molecule has 4 heteroatoms. The second-order valence-electron chi connectivity index (χ2n) is 5.69. The van der Waals surface area contributed by atoms with Crippen molar-refractivity contribution in [2.45, 2.75) is 53.2 Å². The molecule has 0 aromatic carbocycles. The first-order chi connectivity index (χ1) is 9.54. The molecule has 0 amide bonds. The minimum Gasteiger partial charge on any atom is -0.316 e. The molecule has 1 aromatic heterocycles. The van der Waals surface area contributed by atoms with Gasteiger partial charge in [-0.2, -0.15) is 11.8 Å². The highest BCUT2D eigenvalue weighted by Gasteiger charge is 2.08. The Balaban J connectivity index is 2.55. The zero-order valence-corrected chi connectivity index (χ0v) is 14.4. The van der Waals surface area contributed by atoms with Crippen LogP contribution in [0.1, 0.15) is 50.0 Å². The summed E-state index contributed by atoms with van der Waals surface area (Å²) in [7, 11) is 0. The molecular formula is C16H29N3S. The van der Waals surface area contributed by atoms with Crippen LogP contribution >= 0.6 is 11.8 Å². The Morgan fingerprint density at radius 3 is 2.35 bits per heavy atom. The third kappa shape index (κ3) is 6.23. The number of hydrogen-bond acceptors (Lipinski definition) is 4. The van der Waals surface area contributed by atoms with Gasteiger partial charge in [-0.1, -0.05) is 20.8 Å². The van der Waals surface area contributed by atoms with Crippen LogP contribution in [0.4, 0.5) is 0 Å². The number of hydrogen-bond donors (Lipinski definition) is 1. The molecule has 0 spiro atoms. The van der Waals surface area contributed by atoms with E-state index in [1.165, 1.54) is 17.7 Å². The highest BCUT2D eigenvalue weighted by molar-refractivity contribution is 7.98. The van der Waals surface area contributed by atoms with Gasteiger partial charge in [0.15, 0.2) is 0 Å². The Bertz CT molecular complexity index is 382. The lowest BCUT2D eigenvalue weighted by atomic mass is 10.1. The van der Waals surface area contributed by atoms with E-state index in [1.54, 1.807) is 0 Å². The number of aromatic nitrogens is 2. The molecule has 1 rings (SSSR count). The fourth-order valence-corrected chi connectivity index (χ4v) is 2.89. The summed E-state index contributed by atoms with van der Waals surface area (Å²) in [6.45, 7) is 13.0. The van der Waals surface area contributed by atoms with Crippen molar-refractivity contribution in [3.8, 4) is 0 Å². The molecule has 0 bridgehead atoms. The molecule has 1 aromatic rings. The second kappa shape index (κ2) is 9.35. The van der Waals surface area contributed by atoms with E-state index in [9.17, 15) is 0 Å². The normalized spacial score (nSPS) is 11.3. The summed E-state index contributed by atoms with van der Waals surface area (Å²) in [6, 6.07) is 0. The topological polar surface area (TPSA) is 37.8 Å². The zero-order valence-electron chi connectivity index (χ0n) is 13.6. The van der Waals surface area contributed by atoms with Gasteiger partial charge in [-0.05, 0) is 57.0 Å². The molecule has 0 fully saturated rings. The van der Waals surface area contributed by atoms with Gasteiger partial charge in [0.05, 0.1) is 5.75 Å². The second-order valence-corrected chi connectivity index (χ2v) is 6.79. The number of aryl methyl sites for hydroxylation is 2. The van der Waals surface area contributed by atoms with Gasteiger partial charge >= 0.3 is 0 Å². The van der Waals surface area contributed by atoms with Gasteiger partial charge in [-0.25, -0.2) is 9.97 Å². The lowest BCUT2D eigenvalue weighted by Gasteiger charge is -2.12. The van der Waals surface area contributed by atoms with Gasteiger partial charge in [0.2, 0.25) is 0 Å². The highest BCUT2D eigenvalue weighted by atomic mass is 32.2. The maximum atomic E-state index is 4.66. The van der Waals surface area contributed by atoms with Gasteiger partial charge in [0.25, 0.3) is 0 Å². The molecule has 0 unspecified atom stereocenters. The molecule has 0 atom stereocenters. The van der Waals surface area contributed by atoms with Crippen molar-refractivity contribution < 1.29 is 0 Å². The molecule has 0 saturated carbocycles. The van der Waals surface area contributed by atoms with Crippen molar-refractivity contribution >= 4 is 11.8 Å². The van der Waals surface area contributed by atoms with Crippen molar-refractivity contribution in [1.82, 2.24) is 15.3 Å². The molecule has 0 radical (unpaired) electrons. The Labute approximate surface area is 128 Å². The fourth-order valence-electron chi connectivity index (χ4n) is 2.15. The summed E-state index contributed by atoms with van der Waals surface area (Å²) >= 11 is 1.92. The quantitative estimate of drug-likeness (QED) is 0.707. The Morgan fingerprint density at radius 1 is 1.15 bits per heavy atom. The van der Waals surface area contributed by atoms with Gasteiger partial charge in [0, 0.05) is 11.4 Å². The van der Waals surface area contributed by atoms with E-state index in [0.717, 1.165) is 42.5 Å². The van der Waals surface area contributed by atoms with Crippen LogP contribution in [0, 0.1) is 19.8 Å². The van der Waals surface area contributed by atoms with Crippen molar-refractivity contribution in [3.05, 3.63) is 22.8 Å². The molecule has 1 heterocycles. The maximum absolute atomic E-state index is 4.66. The average Bonchev–Trinajstić information content (AvgIpc) is 2.37. The third-order valence-corrected chi connectivity index (χ3v) is 4.31. The van der Waals surface area contributed by atoms with E-state index in [-0.39, 0.29) is 0 Å². The van der Waals surface area contributed by atoms with Crippen molar-refractivity contribution in [2.24, 2.45) is 5.92 Å². The number of rotatable bonds is 9. The van der Waals surface area contributed by atoms with Gasteiger partial charge in [-0.3, -0.25) is 0 Å². The van der Waals surface area contributed by atoms with Crippen LogP contribution in [0.5, 0.6) is 0 Å². The fraction of sp³-hybridized carbons (Fsp3) is 0.750. The summed E-state index contributed by atoms with van der Waals surface area (Å²) in [4.78, 5) is 9.32. The zero-order chi connectivity index (χ0) is 15.0. The summed E-state index contributed by atoms with van der Waals surface area (Å²) in [5.74, 6) is 3.80. The van der Waals surface area contributed by atoms with Crippen molar-refractivity contribution in [3.63, 3.8) is 0 Å². The standard InChI is InChI=1S/C16H29N3S/c1-6-9-20-11-16-18-13(4)15(14(5)19-16)7-8-17-10-12(2)3/h12,17H,6-11H2,1-5H3. The van der Waals surface area contributed by atoms with E-state index >= 15 is 0 Å². The van der Waals surface area contributed by atoms with Crippen molar-refractivity contribution in [1.29, 1.82) is 0 Å². The molecule has 0 aliphatic carbocycles. The van der Waals surface area contributed by atoms with Gasteiger partial charge in [0.1, 0.15) is 5.82 Å². The average molecular weight is 295 g/mol. The highest BCUT2D eigenvalue weighted by Crippen LogP contribution is 2.15. The lowest BCUT2D eigenvalue weighted by molar-refractivity contribution is 0.553. The minimum absolute atomic E-state index is 0.700. The van der Waals surface area contributed by atoms with Crippen LogP contribution in [0.2, 0.25) is 0 Å². The van der Waals surface area contributed by atoms with E-state index in [0.29, 0.717) is 5.92 Å². The first-order valence-electron chi connectivity index (χ1n) is 7.66. The summed E-state index contributed by atoms with van der Waals surface area (Å²) in [5.41, 5.74) is 3.61. The van der Waals surface area contributed by atoms with E-state index < -0.39 is 0 Å². The molecule has 3 nitrogen and oxygen atoms in total. The van der Waals surface area contributed by atoms with Gasteiger partial charge < -0.3 is 5.32 Å². The van der Waals surface area contributed by atoms with E-state index in [4.69, 9.17) is 0 Å². The van der Waals surface area contributed by atoms with Crippen LogP contribution in [-0.2, 0) is 12.2 Å².